The second-order valence-corrected chi connectivity index (χ2v) is 6.82. The van der Waals surface area contributed by atoms with Crippen LogP contribution in [0.25, 0.3) is 10.9 Å². The molecule has 1 aliphatic heterocycles. The Kier molecular flexibility index (Phi) is 4.92. The van der Waals surface area contributed by atoms with E-state index in [1.807, 2.05) is 48.2 Å². The second kappa shape index (κ2) is 7.14. The molecule has 6 nitrogen and oxygen atoms in total. The largest absolute Gasteiger partial charge is 0.368 e. The van der Waals surface area contributed by atoms with Gasteiger partial charge in [0.15, 0.2) is 5.78 Å². The summed E-state index contributed by atoms with van der Waals surface area (Å²) in [6, 6.07) is 9.73. The first-order chi connectivity index (χ1) is 12.5. The van der Waals surface area contributed by atoms with Crippen molar-refractivity contribution in [2.45, 2.75) is 6.54 Å². The predicted octanol–water partition coefficient (Wildman–Crippen LogP) is 1.63. The summed E-state index contributed by atoms with van der Waals surface area (Å²) in [6.07, 6.45) is 1.34. The first kappa shape index (κ1) is 17.9. The highest BCUT2D eigenvalue weighted by Gasteiger charge is 2.34. The number of fused-ring (bicyclic) bond motifs is 1. The van der Waals surface area contributed by atoms with Crippen LogP contribution in [0.3, 0.4) is 0 Å². The quantitative estimate of drug-likeness (QED) is 0.741. The van der Waals surface area contributed by atoms with Crippen molar-refractivity contribution < 1.29 is 4.79 Å². The molecule has 0 aliphatic carbocycles. The van der Waals surface area contributed by atoms with Gasteiger partial charge in [0, 0.05) is 31.6 Å². The van der Waals surface area contributed by atoms with Gasteiger partial charge in [-0.2, -0.15) is 5.26 Å². The molecule has 1 aromatic heterocycles. The van der Waals surface area contributed by atoms with E-state index in [2.05, 4.69) is 12.6 Å². The molecule has 0 atom stereocenters. The van der Waals surface area contributed by atoms with Gasteiger partial charge in [-0.1, -0.05) is 24.8 Å². The number of allylic oxidation sites excluding steroid dienone is 1. The molecule has 1 aromatic carbocycles. The van der Waals surface area contributed by atoms with E-state index in [0.29, 0.717) is 31.9 Å². The Morgan fingerprint density at radius 2 is 2.08 bits per heavy atom. The van der Waals surface area contributed by atoms with Crippen molar-refractivity contribution in [3.63, 3.8) is 0 Å². The second-order valence-electron chi connectivity index (χ2n) is 6.82. The number of likely N-dealkylation sites (N-methyl/N-ethyl adjacent to an activating group) is 1. The third-order valence-corrected chi connectivity index (χ3v) is 4.83. The zero-order valence-electron chi connectivity index (χ0n) is 15.1. The molecule has 26 heavy (non-hydrogen) atoms. The van der Waals surface area contributed by atoms with Gasteiger partial charge in [0.2, 0.25) is 0 Å². The SMILES string of the molecule is C=CC(=O)C1CN(c2c(C#N)c(=O)n(CCN(C)C)c3ccccc23)C1. The van der Waals surface area contributed by atoms with E-state index in [1.165, 1.54) is 6.08 Å². The molecule has 0 amide bonds. The lowest BCUT2D eigenvalue weighted by molar-refractivity contribution is -0.118. The van der Waals surface area contributed by atoms with Crippen LogP contribution in [0.1, 0.15) is 5.56 Å². The van der Waals surface area contributed by atoms with E-state index < -0.39 is 0 Å². The summed E-state index contributed by atoms with van der Waals surface area (Å²) in [5.74, 6) is -0.114. The van der Waals surface area contributed by atoms with Crippen LogP contribution < -0.4 is 10.5 Å². The lowest BCUT2D eigenvalue weighted by Gasteiger charge is -2.40. The van der Waals surface area contributed by atoms with E-state index in [4.69, 9.17) is 0 Å². The van der Waals surface area contributed by atoms with Crippen molar-refractivity contribution in [3.05, 3.63) is 52.8 Å². The highest BCUT2D eigenvalue weighted by molar-refractivity contribution is 5.98. The maximum absolute atomic E-state index is 13.0. The molecule has 0 unspecified atom stereocenters. The summed E-state index contributed by atoms with van der Waals surface area (Å²) in [5.41, 5.74) is 1.32. The van der Waals surface area contributed by atoms with Crippen LogP contribution in [0.15, 0.2) is 41.7 Å². The minimum atomic E-state index is -0.276. The number of para-hydroxylation sites is 1. The highest BCUT2D eigenvalue weighted by Crippen LogP contribution is 2.33. The molecule has 0 radical (unpaired) electrons. The molecular weight excluding hydrogens is 328 g/mol. The molecular formula is C20H22N4O2. The number of ketones is 1. The lowest BCUT2D eigenvalue weighted by atomic mass is 9.93. The number of carbonyl (C=O) groups is 1. The lowest BCUT2D eigenvalue weighted by Crippen LogP contribution is -2.51. The van der Waals surface area contributed by atoms with Crippen LogP contribution in [-0.2, 0) is 11.3 Å². The Morgan fingerprint density at radius 3 is 2.69 bits per heavy atom. The topological polar surface area (TPSA) is 69.3 Å². The van der Waals surface area contributed by atoms with Gasteiger partial charge >= 0.3 is 0 Å². The number of carbonyl (C=O) groups excluding carboxylic acids is 1. The fourth-order valence-corrected chi connectivity index (χ4v) is 3.35. The summed E-state index contributed by atoms with van der Waals surface area (Å²) in [6.45, 7) is 5.75. The molecule has 2 aromatic rings. The smallest absolute Gasteiger partial charge is 0.271 e. The van der Waals surface area contributed by atoms with Crippen LogP contribution in [0, 0.1) is 17.2 Å². The number of anilines is 1. The first-order valence-electron chi connectivity index (χ1n) is 8.59. The van der Waals surface area contributed by atoms with Gasteiger partial charge in [0.1, 0.15) is 11.6 Å². The minimum absolute atomic E-state index is 0.00314. The summed E-state index contributed by atoms with van der Waals surface area (Å²) >= 11 is 0. The molecule has 1 saturated heterocycles. The van der Waals surface area contributed by atoms with E-state index in [-0.39, 0.29) is 22.8 Å². The zero-order chi connectivity index (χ0) is 18.8. The van der Waals surface area contributed by atoms with Crippen LogP contribution in [0.2, 0.25) is 0 Å². The predicted molar refractivity (Wildman–Crippen MR) is 102 cm³/mol. The van der Waals surface area contributed by atoms with E-state index in [1.54, 1.807) is 4.57 Å². The molecule has 3 rings (SSSR count). The number of nitriles is 1. The molecule has 2 heterocycles. The van der Waals surface area contributed by atoms with Gasteiger partial charge in [-0.15, -0.1) is 0 Å². The highest BCUT2D eigenvalue weighted by atomic mass is 16.1. The van der Waals surface area contributed by atoms with Gasteiger partial charge in [-0.3, -0.25) is 9.59 Å². The minimum Gasteiger partial charge on any atom is -0.368 e. The van der Waals surface area contributed by atoms with E-state index in [0.717, 1.165) is 10.9 Å². The average molecular weight is 350 g/mol. The van der Waals surface area contributed by atoms with Gasteiger partial charge < -0.3 is 14.4 Å². The number of hydrogen-bond donors (Lipinski definition) is 0. The van der Waals surface area contributed by atoms with Crippen molar-refractivity contribution in [1.29, 1.82) is 5.26 Å². The number of benzene rings is 1. The Morgan fingerprint density at radius 1 is 1.38 bits per heavy atom. The van der Waals surface area contributed by atoms with Crippen molar-refractivity contribution in [2.75, 3.05) is 38.6 Å². The third kappa shape index (κ3) is 3.02. The summed E-state index contributed by atoms with van der Waals surface area (Å²) < 4.78 is 1.67. The first-order valence-corrected chi connectivity index (χ1v) is 8.59. The monoisotopic (exact) mass is 350 g/mol. The number of rotatable bonds is 6. The number of nitrogens with zero attached hydrogens (tertiary/aromatic N) is 4. The van der Waals surface area contributed by atoms with Crippen LogP contribution in [-0.4, -0.2) is 49.0 Å². The Hall–Kier alpha value is -2.91. The molecule has 1 aliphatic rings. The molecule has 134 valence electrons. The molecule has 1 fully saturated rings. The Balaban J connectivity index is 2.11. The fourth-order valence-electron chi connectivity index (χ4n) is 3.35. The zero-order valence-corrected chi connectivity index (χ0v) is 15.1. The Labute approximate surface area is 152 Å². The number of aromatic nitrogens is 1. The number of pyridine rings is 1. The maximum Gasteiger partial charge on any atom is 0.271 e. The average Bonchev–Trinajstić information content (AvgIpc) is 2.59. The fraction of sp³-hybridized carbons (Fsp3) is 0.350. The van der Waals surface area contributed by atoms with Gasteiger partial charge in [-0.25, -0.2) is 0 Å². The van der Waals surface area contributed by atoms with Crippen molar-refractivity contribution in [1.82, 2.24) is 9.47 Å². The summed E-state index contributed by atoms with van der Waals surface area (Å²) in [4.78, 5) is 28.7. The summed E-state index contributed by atoms with van der Waals surface area (Å²) in [7, 11) is 3.90. The van der Waals surface area contributed by atoms with Gasteiger partial charge in [-0.05, 0) is 26.2 Å². The van der Waals surface area contributed by atoms with E-state index >= 15 is 0 Å². The molecule has 0 saturated carbocycles. The van der Waals surface area contributed by atoms with Crippen LogP contribution >= 0.6 is 0 Å². The third-order valence-electron chi connectivity index (χ3n) is 4.83. The summed E-state index contributed by atoms with van der Waals surface area (Å²) in [5, 5.41) is 10.5. The Bertz CT molecular complexity index is 962. The van der Waals surface area contributed by atoms with Crippen molar-refractivity contribution >= 4 is 22.4 Å². The van der Waals surface area contributed by atoms with Gasteiger partial charge in [0.05, 0.1) is 17.1 Å². The standard InChI is InChI=1S/C20H22N4O2/c1-4-18(25)14-12-23(13-14)19-15-7-5-6-8-17(15)24(10-9-22(2)3)20(26)16(19)11-21/h4-8,14H,1,9-10,12-13H2,2-3H3. The van der Waals surface area contributed by atoms with E-state index in [9.17, 15) is 14.9 Å². The molecule has 0 spiro atoms. The normalized spacial score (nSPS) is 14.3. The molecule has 6 heteroatoms. The molecule has 0 N–H and O–H groups in total. The van der Waals surface area contributed by atoms with Crippen LogP contribution in [0.5, 0.6) is 0 Å². The maximum atomic E-state index is 13.0. The van der Waals surface area contributed by atoms with Gasteiger partial charge in [0.25, 0.3) is 5.56 Å². The van der Waals surface area contributed by atoms with Crippen LogP contribution in [0.4, 0.5) is 5.69 Å². The number of hydrogen-bond acceptors (Lipinski definition) is 5. The molecule has 0 bridgehead atoms. The van der Waals surface area contributed by atoms with Crippen molar-refractivity contribution in [3.8, 4) is 6.07 Å². The van der Waals surface area contributed by atoms with Crippen molar-refractivity contribution in [2.24, 2.45) is 5.92 Å².